The average molecular weight is 329 g/mol. The molecule has 6 heteroatoms. The van der Waals surface area contributed by atoms with E-state index in [9.17, 15) is 5.11 Å². The maximum Gasteiger partial charge on any atom is 0.231 e. The van der Waals surface area contributed by atoms with Gasteiger partial charge in [0, 0.05) is 37.3 Å². The summed E-state index contributed by atoms with van der Waals surface area (Å²) < 4.78 is 10.8. The summed E-state index contributed by atoms with van der Waals surface area (Å²) in [7, 11) is 0. The molecule has 4 rings (SSSR count). The average Bonchev–Trinajstić information content (AvgIpc) is 3.20. The van der Waals surface area contributed by atoms with Gasteiger partial charge in [0.2, 0.25) is 6.79 Å². The van der Waals surface area contributed by atoms with Crippen molar-refractivity contribution in [3.05, 3.63) is 40.7 Å². The van der Waals surface area contributed by atoms with Crippen LogP contribution in [0.3, 0.4) is 0 Å². The molecule has 0 fully saturated rings. The molecular formula is C18H23N3O3. The van der Waals surface area contributed by atoms with Crippen LogP contribution in [0.25, 0.3) is 0 Å². The number of benzene rings is 1. The first kappa shape index (κ1) is 15.5. The van der Waals surface area contributed by atoms with E-state index < -0.39 is 0 Å². The van der Waals surface area contributed by atoms with Crippen LogP contribution in [0, 0.1) is 5.92 Å². The molecular weight excluding hydrogens is 306 g/mol. The molecule has 24 heavy (non-hydrogen) atoms. The van der Waals surface area contributed by atoms with Gasteiger partial charge in [-0.25, -0.2) is 0 Å². The lowest BCUT2D eigenvalue weighted by molar-refractivity contribution is 0.174. The zero-order valence-electron chi connectivity index (χ0n) is 13.9. The highest BCUT2D eigenvalue weighted by molar-refractivity contribution is 5.44. The van der Waals surface area contributed by atoms with Crippen LogP contribution in [-0.2, 0) is 26.0 Å². The number of aliphatic hydroxyl groups is 1. The predicted molar refractivity (Wildman–Crippen MR) is 88.9 cm³/mol. The number of nitrogens with one attached hydrogen (secondary N) is 1. The maximum absolute atomic E-state index is 9.40. The molecule has 0 amide bonds. The Bertz CT molecular complexity index is 715. The lowest BCUT2D eigenvalue weighted by atomic mass is 9.98. The molecule has 2 aromatic rings. The van der Waals surface area contributed by atoms with Crippen LogP contribution in [0.4, 0.5) is 0 Å². The van der Waals surface area contributed by atoms with Crippen molar-refractivity contribution in [2.45, 2.75) is 32.9 Å². The Hall–Kier alpha value is -2.05. The summed E-state index contributed by atoms with van der Waals surface area (Å²) in [5, 5.41) is 16.7. The van der Waals surface area contributed by atoms with Gasteiger partial charge >= 0.3 is 0 Å². The van der Waals surface area contributed by atoms with Gasteiger partial charge in [0.1, 0.15) is 0 Å². The third-order valence-electron chi connectivity index (χ3n) is 4.84. The highest BCUT2D eigenvalue weighted by Gasteiger charge is 2.23. The van der Waals surface area contributed by atoms with Gasteiger partial charge in [-0.15, -0.1) is 0 Å². The summed E-state index contributed by atoms with van der Waals surface area (Å²) in [6.45, 7) is 5.54. The Morgan fingerprint density at radius 1 is 1.33 bits per heavy atom. The number of nitrogens with zero attached hydrogens (tertiary/aromatic N) is 2. The fourth-order valence-corrected chi connectivity index (χ4v) is 3.67. The van der Waals surface area contributed by atoms with Crippen molar-refractivity contribution in [3.63, 3.8) is 0 Å². The SMILES string of the molecule is CC(Cc1ccc2c(c1)OCO2)CN1CCc2[nH]nc(CO)c2C1. The molecule has 0 spiro atoms. The van der Waals surface area contributed by atoms with E-state index in [2.05, 4.69) is 34.2 Å². The third-order valence-corrected chi connectivity index (χ3v) is 4.84. The van der Waals surface area contributed by atoms with Crippen molar-refractivity contribution in [2.75, 3.05) is 19.9 Å². The molecule has 0 bridgehead atoms. The summed E-state index contributed by atoms with van der Waals surface area (Å²) >= 11 is 0. The molecule has 2 aliphatic heterocycles. The van der Waals surface area contributed by atoms with Gasteiger partial charge < -0.3 is 14.6 Å². The molecule has 6 nitrogen and oxygen atoms in total. The number of hydrogen-bond donors (Lipinski definition) is 2. The smallest absolute Gasteiger partial charge is 0.231 e. The molecule has 0 saturated heterocycles. The van der Waals surface area contributed by atoms with Crippen molar-refractivity contribution in [3.8, 4) is 11.5 Å². The minimum atomic E-state index is 0.00637. The monoisotopic (exact) mass is 329 g/mol. The second-order valence-corrected chi connectivity index (χ2v) is 6.77. The Kier molecular flexibility index (Phi) is 4.16. The van der Waals surface area contributed by atoms with Gasteiger partial charge in [-0.05, 0) is 30.0 Å². The largest absolute Gasteiger partial charge is 0.454 e. The molecule has 2 aliphatic rings. The van der Waals surface area contributed by atoms with Gasteiger partial charge in [0.15, 0.2) is 11.5 Å². The van der Waals surface area contributed by atoms with Crippen LogP contribution in [0.1, 0.15) is 29.4 Å². The number of aromatic nitrogens is 2. The van der Waals surface area contributed by atoms with Crippen LogP contribution >= 0.6 is 0 Å². The van der Waals surface area contributed by atoms with Gasteiger partial charge in [0.05, 0.1) is 12.3 Å². The van der Waals surface area contributed by atoms with Crippen LogP contribution in [0.15, 0.2) is 18.2 Å². The highest BCUT2D eigenvalue weighted by Crippen LogP contribution is 2.33. The van der Waals surface area contributed by atoms with Gasteiger partial charge in [-0.3, -0.25) is 10.00 Å². The number of rotatable bonds is 5. The molecule has 0 saturated carbocycles. The lowest BCUT2D eigenvalue weighted by Gasteiger charge is -2.29. The summed E-state index contributed by atoms with van der Waals surface area (Å²) in [6, 6.07) is 6.21. The van der Waals surface area contributed by atoms with Crippen molar-refractivity contribution in [1.29, 1.82) is 0 Å². The summed E-state index contributed by atoms with van der Waals surface area (Å²) in [5.74, 6) is 2.23. The Morgan fingerprint density at radius 2 is 2.21 bits per heavy atom. The first-order valence-corrected chi connectivity index (χ1v) is 8.49. The topological polar surface area (TPSA) is 70.6 Å². The van der Waals surface area contributed by atoms with Gasteiger partial charge in [0.25, 0.3) is 0 Å². The Labute approximate surface area is 141 Å². The highest BCUT2D eigenvalue weighted by atomic mass is 16.7. The summed E-state index contributed by atoms with van der Waals surface area (Å²) in [6.07, 6.45) is 1.98. The molecule has 3 heterocycles. The van der Waals surface area contributed by atoms with E-state index >= 15 is 0 Å². The Morgan fingerprint density at radius 3 is 3.08 bits per heavy atom. The van der Waals surface area contributed by atoms with Crippen LogP contribution in [-0.4, -0.2) is 40.1 Å². The first-order chi connectivity index (χ1) is 11.7. The molecule has 0 radical (unpaired) electrons. The van der Waals surface area contributed by atoms with Crippen molar-refractivity contribution in [1.82, 2.24) is 15.1 Å². The molecule has 1 aromatic carbocycles. The number of hydrogen-bond acceptors (Lipinski definition) is 5. The fraction of sp³-hybridized carbons (Fsp3) is 0.500. The van der Waals surface area contributed by atoms with Gasteiger partial charge in [-0.1, -0.05) is 13.0 Å². The van der Waals surface area contributed by atoms with Crippen LogP contribution in [0.2, 0.25) is 0 Å². The number of fused-ring (bicyclic) bond motifs is 2. The quantitative estimate of drug-likeness (QED) is 0.876. The molecule has 1 atom stereocenters. The molecule has 128 valence electrons. The second-order valence-electron chi connectivity index (χ2n) is 6.77. The molecule has 1 unspecified atom stereocenters. The fourth-order valence-electron chi connectivity index (χ4n) is 3.67. The number of ether oxygens (including phenoxy) is 2. The normalized spacial score (nSPS) is 17.8. The van der Waals surface area contributed by atoms with E-state index in [1.807, 2.05) is 6.07 Å². The van der Waals surface area contributed by atoms with Crippen molar-refractivity contribution in [2.24, 2.45) is 5.92 Å². The van der Waals surface area contributed by atoms with Crippen molar-refractivity contribution >= 4 is 0 Å². The first-order valence-electron chi connectivity index (χ1n) is 8.49. The predicted octanol–water partition coefficient (Wildman–Crippen LogP) is 1.87. The summed E-state index contributed by atoms with van der Waals surface area (Å²) in [5.41, 5.74) is 4.43. The molecule has 2 N–H and O–H groups in total. The third kappa shape index (κ3) is 2.99. The standard InChI is InChI=1S/C18H23N3O3/c1-12(6-13-2-3-17-18(7-13)24-11-23-17)8-21-5-4-15-14(9-21)16(10-22)20-19-15/h2-3,7,12,22H,4-6,8-11H2,1H3,(H,19,20). The van der Waals surface area contributed by atoms with Crippen molar-refractivity contribution < 1.29 is 14.6 Å². The zero-order valence-corrected chi connectivity index (χ0v) is 13.9. The van der Waals surface area contributed by atoms with E-state index in [4.69, 9.17) is 9.47 Å². The van der Waals surface area contributed by atoms with E-state index in [0.29, 0.717) is 12.7 Å². The van der Waals surface area contributed by atoms with Gasteiger partial charge in [-0.2, -0.15) is 5.10 Å². The zero-order chi connectivity index (χ0) is 16.5. The lowest BCUT2D eigenvalue weighted by Crippen LogP contribution is -2.34. The van der Waals surface area contributed by atoms with E-state index in [-0.39, 0.29) is 6.61 Å². The minimum absolute atomic E-state index is 0.00637. The second kappa shape index (κ2) is 6.45. The maximum atomic E-state index is 9.40. The number of aliphatic hydroxyl groups excluding tert-OH is 1. The Balaban J connectivity index is 1.37. The van der Waals surface area contributed by atoms with Crippen LogP contribution < -0.4 is 9.47 Å². The number of H-pyrrole nitrogens is 1. The van der Waals surface area contributed by atoms with E-state index in [1.165, 1.54) is 16.8 Å². The number of aromatic amines is 1. The molecule has 0 aliphatic carbocycles. The van der Waals surface area contributed by atoms with E-state index in [1.54, 1.807) is 0 Å². The van der Waals surface area contributed by atoms with E-state index in [0.717, 1.165) is 49.7 Å². The molecule has 1 aromatic heterocycles. The van der Waals surface area contributed by atoms with Crippen LogP contribution in [0.5, 0.6) is 11.5 Å². The minimum Gasteiger partial charge on any atom is -0.454 e. The summed E-state index contributed by atoms with van der Waals surface area (Å²) in [4.78, 5) is 2.45.